The predicted molar refractivity (Wildman–Crippen MR) is 84.4 cm³/mol. The highest BCUT2D eigenvalue weighted by Crippen LogP contribution is 2.25. The van der Waals surface area contributed by atoms with E-state index in [1.165, 1.54) is 5.56 Å². The first-order valence-electron chi connectivity index (χ1n) is 6.82. The van der Waals surface area contributed by atoms with E-state index in [-0.39, 0.29) is 0 Å². The lowest BCUT2D eigenvalue weighted by Gasteiger charge is -2.08. The predicted octanol–water partition coefficient (Wildman–Crippen LogP) is 1.94. The van der Waals surface area contributed by atoms with Gasteiger partial charge in [0.05, 0.1) is 15.6 Å². The van der Waals surface area contributed by atoms with Gasteiger partial charge in [-0.15, -0.1) is 11.3 Å². The number of thiazole rings is 1. The molecule has 0 unspecified atom stereocenters. The van der Waals surface area contributed by atoms with Crippen molar-refractivity contribution in [3.8, 4) is 0 Å². The number of sulfonamides is 1. The lowest BCUT2D eigenvalue weighted by atomic mass is 10.2. The van der Waals surface area contributed by atoms with Crippen LogP contribution in [0.25, 0.3) is 0 Å². The molecule has 112 valence electrons. The molecule has 21 heavy (non-hydrogen) atoms. The Kier molecular flexibility index (Phi) is 3.97. The summed E-state index contributed by atoms with van der Waals surface area (Å²) in [5.74, 6) is 0. The number of fused-ring (bicyclic) bond motifs is 1. The first-order chi connectivity index (χ1) is 10.0. The molecule has 1 aliphatic heterocycles. The zero-order chi connectivity index (χ0) is 14.9. The van der Waals surface area contributed by atoms with Gasteiger partial charge in [0, 0.05) is 30.6 Å². The first kappa shape index (κ1) is 14.5. The van der Waals surface area contributed by atoms with Crippen molar-refractivity contribution in [3.05, 3.63) is 39.8 Å². The Morgan fingerprint density at radius 1 is 1.43 bits per heavy atom. The van der Waals surface area contributed by atoms with Crippen molar-refractivity contribution >= 4 is 27.0 Å². The molecule has 3 rings (SSSR count). The third-order valence-electron chi connectivity index (χ3n) is 3.44. The molecule has 2 heterocycles. The molecular formula is C14H17N3O2S2. The Morgan fingerprint density at radius 2 is 2.29 bits per heavy atom. The van der Waals surface area contributed by atoms with Gasteiger partial charge in [-0.2, -0.15) is 0 Å². The van der Waals surface area contributed by atoms with E-state index >= 15 is 0 Å². The number of hydrogen-bond acceptors (Lipinski definition) is 5. The van der Waals surface area contributed by atoms with Gasteiger partial charge in [-0.3, -0.25) is 0 Å². The van der Waals surface area contributed by atoms with Crippen LogP contribution in [0.1, 0.15) is 16.3 Å². The van der Waals surface area contributed by atoms with Crippen molar-refractivity contribution < 1.29 is 8.42 Å². The molecule has 0 saturated carbocycles. The van der Waals surface area contributed by atoms with Crippen LogP contribution in [0, 0.1) is 6.92 Å². The lowest BCUT2D eigenvalue weighted by Crippen LogP contribution is -2.26. The number of benzene rings is 1. The highest BCUT2D eigenvalue weighted by molar-refractivity contribution is 7.89. The molecule has 7 heteroatoms. The SMILES string of the molecule is Cc1nc(CCNS(=O)(=O)c2ccc3c(c2)NCC3)cs1. The van der Waals surface area contributed by atoms with Crippen molar-refractivity contribution in [2.45, 2.75) is 24.7 Å². The molecular weight excluding hydrogens is 306 g/mol. The summed E-state index contributed by atoms with van der Waals surface area (Å²) in [4.78, 5) is 4.63. The molecule has 1 aromatic carbocycles. The molecule has 1 aliphatic rings. The van der Waals surface area contributed by atoms with E-state index < -0.39 is 10.0 Å². The van der Waals surface area contributed by atoms with Crippen LogP contribution < -0.4 is 10.0 Å². The Bertz CT molecular complexity index is 753. The molecule has 1 aromatic heterocycles. The number of rotatable bonds is 5. The molecule has 2 aromatic rings. The van der Waals surface area contributed by atoms with E-state index in [4.69, 9.17) is 0 Å². The first-order valence-corrected chi connectivity index (χ1v) is 9.18. The summed E-state index contributed by atoms with van der Waals surface area (Å²) < 4.78 is 27.2. The van der Waals surface area contributed by atoms with E-state index in [9.17, 15) is 8.42 Å². The molecule has 0 atom stereocenters. The second kappa shape index (κ2) is 5.75. The van der Waals surface area contributed by atoms with Gasteiger partial charge in [-0.1, -0.05) is 6.07 Å². The second-order valence-corrected chi connectivity index (χ2v) is 7.83. The Hall–Kier alpha value is -1.44. The van der Waals surface area contributed by atoms with Crippen molar-refractivity contribution in [2.75, 3.05) is 18.4 Å². The van der Waals surface area contributed by atoms with Crippen molar-refractivity contribution in [1.82, 2.24) is 9.71 Å². The maximum Gasteiger partial charge on any atom is 0.240 e. The van der Waals surface area contributed by atoms with Gasteiger partial charge in [-0.25, -0.2) is 18.1 Å². The molecule has 5 nitrogen and oxygen atoms in total. The summed E-state index contributed by atoms with van der Waals surface area (Å²) in [7, 11) is -3.46. The molecule has 0 amide bonds. The van der Waals surface area contributed by atoms with Gasteiger partial charge >= 0.3 is 0 Å². The molecule has 0 fully saturated rings. The molecule has 0 bridgehead atoms. The van der Waals surface area contributed by atoms with Gasteiger partial charge in [-0.05, 0) is 31.0 Å². The fourth-order valence-electron chi connectivity index (χ4n) is 2.36. The summed E-state index contributed by atoms with van der Waals surface area (Å²) in [6.07, 6.45) is 1.55. The number of anilines is 1. The highest BCUT2D eigenvalue weighted by Gasteiger charge is 2.17. The fourth-order valence-corrected chi connectivity index (χ4v) is 4.06. The Labute approximate surface area is 128 Å². The smallest absolute Gasteiger partial charge is 0.240 e. The Balaban J connectivity index is 1.66. The van der Waals surface area contributed by atoms with Crippen LogP contribution >= 0.6 is 11.3 Å². The largest absolute Gasteiger partial charge is 0.384 e. The molecule has 0 aliphatic carbocycles. The number of aromatic nitrogens is 1. The maximum absolute atomic E-state index is 12.3. The van der Waals surface area contributed by atoms with Crippen LogP contribution in [0.5, 0.6) is 0 Å². The van der Waals surface area contributed by atoms with Crippen molar-refractivity contribution in [3.63, 3.8) is 0 Å². The number of nitrogens with one attached hydrogen (secondary N) is 2. The second-order valence-electron chi connectivity index (χ2n) is 5.00. The highest BCUT2D eigenvalue weighted by atomic mass is 32.2. The van der Waals surface area contributed by atoms with Gasteiger partial charge < -0.3 is 5.32 Å². The number of aryl methyl sites for hydroxylation is 1. The Morgan fingerprint density at radius 3 is 3.05 bits per heavy atom. The van der Waals surface area contributed by atoms with Crippen LogP contribution in [0.3, 0.4) is 0 Å². The average Bonchev–Trinajstić information content (AvgIpc) is 3.06. The van der Waals surface area contributed by atoms with E-state index in [1.807, 2.05) is 18.4 Å². The summed E-state index contributed by atoms with van der Waals surface area (Å²) in [5, 5.41) is 6.16. The van der Waals surface area contributed by atoms with Gasteiger partial charge in [0.1, 0.15) is 0 Å². The van der Waals surface area contributed by atoms with Crippen LogP contribution in [0.2, 0.25) is 0 Å². The molecule has 0 spiro atoms. The average molecular weight is 323 g/mol. The third kappa shape index (κ3) is 3.25. The molecule has 0 radical (unpaired) electrons. The summed E-state index contributed by atoms with van der Waals surface area (Å²) in [5.41, 5.74) is 3.02. The zero-order valence-electron chi connectivity index (χ0n) is 11.7. The minimum Gasteiger partial charge on any atom is -0.384 e. The minimum absolute atomic E-state index is 0.310. The van der Waals surface area contributed by atoms with E-state index in [1.54, 1.807) is 23.5 Å². The van der Waals surface area contributed by atoms with Crippen LogP contribution in [-0.4, -0.2) is 26.5 Å². The molecule has 2 N–H and O–H groups in total. The van der Waals surface area contributed by atoms with Crippen LogP contribution in [-0.2, 0) is 22.9 Å². The van der Waals surface area contributed by atoms with Crippen LogP contribution in [0.15, 0.2) is 28.5 Å². The van der Waals surface area contributed by atoms with E-state index in [0.717, 1.165) is 29.4 Å². The normalized spacial score (nSPS) is 14.0. The number of hydrogen-bond donors (Lipinski definition) is 2. The number of nitrogens with zero attached hydrogens (tertiary/aromatic N) is 1. The van der Waals surface area contributed by atoms with Gasteiger partial charge in [0.2, 0.25) is 10.0 Å². The molecule has 0 saturated heterocycles. The minimum atomic E-state index is -3.46. The quantitative estimate of drug-likeness (QED) is 0.882. The maximum atomic E-state index is 12.3. The summed E-state index contributed by atoms with van der Waals surface area (Å²) in [6.45, 7) is 3.17. The zero-order valence-corrected chi connectivity index (χ0v) is 13.4. The van der Waals surface area contributed by atoms with Gasteiger partial charge in [0.15, 0.2) is 0 Å². The van der Waals surface area contributed by atoms with E-state index in [2.05, 4.69) is 15.0 Å². The van der Waals surface area contributed by atoms with Crippen LogP contribution in [0.4, 0.5) is 5.69 Å². The standard InChI is InChI=1S/C14H17N3O2S2/c1-10-17-12(9-20-10)5-7-16-21(18,19)13-3-2-11-4-6-15-14(11)8-13/h2-3,8-9,15-16H,4-7H2,1H3. The summed E-state index contributed by atoms with van der Waals surface area (Å²) in [6, 6.07) is 5.26. The van der Waals surface area contributed by atoms with E-state index in [0.29, 0.717) is 17.9 Å². The third-order valence-corrected chi connectivity index (χ3v) is 5.72. The fraction of sp³-hybridized carbons (Fsp3) is 0.357. The monoisotopic (exact) mass is 323 g/mol. The van der Waals surface area contributed by atoms with Gasteiger partial charge in [0.25, 0.3) is 0 Å². The topological polar surface area (TPSA) is 71.1 Å². The van der Waals surface area contributed by atoms with Crippen molar-refractivity contribution in [1.29, 1.82) is 0 Å². The van der Waals surface area contributed by atoms with Crippen molar-refractivity contribution in [2.24, 2.45) is 0 Å². The summed E-state index contributed by atoms with van der Waals surface area (Å²) >= 11 is 1.58. The lowest BCUT2D eigenvalue weighted by molar-refractivity contribution is 0.581.